The van der Waals surface area contributed by atoms with Gasteiger partial charge in [-0.05, 0) is 12.0 Å². The highest BCUT2D eigenvalue weighted by molar-refractivity contribution is 9.09. The molecule has 0 spiro atoms. The zero-order chi connectivity index (χ0) is 16.7. The highest BCUT2D eigenvalue weighted by Crippen LogP contribution is 2.23. The second-order valence-corrected chi connectivity index (χ2v) is 6.11. The highest BCUT2D eigenvalue weighted by atomic mass is 79.9. The second-order valence-electron chi connectivity index (χ2n) is 5.54. The summed E-state index contributed by atoms with van der Waals surface area (Å²) in [7, 11) is 0. The molecule has 5 nitrogen and oxygen atoms in total. The van der Waals surface area contributed by atoms with Crippen LogP contribution in [0.5, 0.6) is 0 Å². The Morgan fingerprint density at radius 2 is 2.04 bits per heavy atom. The summed E-state index contributed by atoms with van der Waals surface area (Å²) < 4.78 is 10.9. The summed E-state index contributed by atoms with van der Waals surface area (Å²) in [5.41, 5.74) is 0.938. The predicted octanol–water partition coefficient (Wildman–Crippen LogP) is 3.01. The number of rotatable bonds is 7. The van der Waals surface area contributed by atoms with Gasteiger partial charge >= 0.3 is 6.09 Å². The second kappa shape index (κ2) is 9.03. The minimum Gasteiger partial charge on any atom is -0.445 e. The third kappa shape index (κ3) is 4.78. The van der Waals surface area contributed by atoms with Gasteiger partial charge in [0.15, 0.2) is 5.78 Å². The van der Waals surface area contributed by atoms with Gasteiger partial charge in [0.05, 0.1) is 30.5 Å². The van der Waals surface area contributed by atoms with Crippen LogP contribution in [0.2, 0.25) is 0 Å². The van der Waals surface area contributed by atoms with E-state index in [1.807, 2.05) is 37.3 Å². The summed E-state index contributed by atoms with van der Waals surface area (Å²) in [6, 6.07) is 9.30. The normalized spacial score (nSPS) is 20.3. The SMILES string of the molecule is CCCN(C(=O)OCc1ccccc1)C1COCC1C(=O)CBr. The van der Waals surface area contributed by atoms with Crippen molar-refractivity contribution in [3.05, 3.63) is 35.9 Å². The Balaban J connectivity index is 2.01. The van der Waals surface area contributed by atoms with Crippen LogP contribution in [0.25, 0.3) is 0 Å². The third-order valence-corrected chi connectivity index (χ3v) is 4.45. The number of nitrogens with zero attached hydrogens (tertiary/aromatic N) is 1. The quantitative estimate of drug-likeness (QED) is 0.679. The van der Waals surface area contributed by atoms with Gasteiger partial charge in [-0.15, -0.1) is 0 Å². The van der Waals surface area contributed by atoms with Crippen molar-refractivity contribution >= 4 is 27.8 Å². The molecule has 1 aliphatic rings. The molecule has 2 rings (SSSR count). The molecule has 1 aromatic carbocycles. The standard InChI is InChI=1S/C17H22BrNO4/c1-2-8-19(15-12-22-11-14(15)16(20)9-18)17(21)23-10-13-6-4-3-5-7-13/h3-7,14-15H,2,8-12H2,1H3. The minimum atomic E-state index is -0.390. The molecule has 0 N–H and O–H groups in total. The fraction of sp³-hybridized carbons (Fsp3) is 0.529. The van der Waals surface area contributed by atoms with Gasteiger partial charge in [0, 0.05) is 6.54 Å². The van der Waals surface area contributed by atoms with E-state index in [9.17, 15) is 9.59 Å². The van der Waals surface area contributed by atoms with Crippen LogP contribution >= 0.6 is 15.9 Å². The lowest BCUT2D eigenvalue weighted by atomic mass is 9.98. The van der Waals surface area contributed by atoms with Crippen molar-refractivity contribution in [3.8, 4) is 0 Å². The molecule has 126 valence electrons. The summed E-state index contributed by atoms with van der Waals surface area (Å²) in [4.78, 5) is 26.1. The molecule has 1 saturated heterocycles. The smallest absolute Gasteiger partial charge is 0.410 e. The number of carbonyl (C=O) groups is 2. The topological polar surface area (TPSA) is 55.8 Å². The molecule has 0 saturated carbocycles. The number of ether oxygens (including phenoxy) is 2. The number of benzene rings is 1. The monoisotopic (exact) mass is 383 g/mol. The zero-order valence-corrected chi connectivity index (χ0v) is 14.8. The van der Waals surface area contributed by atoms with Crippen molar-refractivity contribution in [2.24, 2.45) is 5.92 Å². The summed E-state index contributed by atoms with van der Waals surface area (Å²) in [5, 5.41) is 0.274. The van der Waals surface area contributed by atoms with Gasteiger partial charge in [-0.2, -0.15) is 0 Å². The highest BCUT2D eigenvalue weighted by Gasteiger charge is 2.39. The fourth-order valence-corrected chi connectivity index (χ4v) is 3.11. The maximum atomic E-state index is 12.5. The summed E-state index contributed by atoms with van der Waals surface area (Å²) in [5.74, 6) is -0.227. The Bertz CT molecular complexity index is 523. The van der Waals surface area contributed by atoms with E-state index in [1.54, 1.807) is 4.90 Å². The van der Waals surface area contributed by atoms with Gasteiger partial charge in [-0.1, -0.05) is 53.2 Å². The van der Waals surface area contributed by atoms with E-state index in [0.29, 0.717) is 19.8 Å². The maximum absolute atomic E-state index is 12.5. The van der Waals surface area contributed by atoms with Crippen molar-refractivity contribution in [2.45, 2.75) is 26.0 Å². The largest absolute Gasteiger partial charge is 0.445 e. The third-order valence-electron chi connectivity index (χ3n) is 3.90. The van der Waals surface area contributed by atoms with E-state index < -0.39 is 6.09 Å². The molecule has 1 heterocycles. The van der Waals surface area contributed by atoms with Crippen molar-refractivity contribution in [1.82, 2.24) is 4.90 Å². The fourth-order valence-electron chi connectivity index (χ4n) is 2.69. The van der Waals surface area contributed by atoms with E-state index in [4.69, 9.17) is 9.47 Å². The van der Waals surface area contributed by atoms with Crippen molar-refractivity contribution in [3.63, 3.8) is 0 Å². The Hall–Kier alpha value is -1.40. The first kappa shape index (κ1) is 17.9. The molecule has 1 aromatic rings. The van der Waals surface area contributed by atoms with Crippen LogP contribution < -0.4 is 0 Å². The van der Waals surface area contributed by atoms with Gasteiger partial charge < -0.3 is 14.4 Å². The first-order valence-electron chi connectivity index (χ1n) is 7.81. The number of Topliss-reactive ketones (excluding diaryl/α,β-unsaturated/α-hetero) is 1. The Morgan fingerprint density at radius 3 is 2.70 bits per heavy atom. The number of halogens is 1. The first-order chi connectivity index (χ1) is 11.2. The van der Waals surface area contributed by atoms with Gasteiger partial charge in [0.2, 0.25) is 0 Å². The molecule has 1 fully saturated rings. The number of carbonyl (C=O) groups excluding carboxylic acids is 2. The molecular weight excluding hydrogens is 362 g/mol. The molecule has 23 heavy (non-hydrogen) atoms. The lowest BCUT2D eigenvalue weighted by Crippen LogP contribution is -2.47. The van der Waals surface area contributed by atoms with E-state index in [2.05, 4.69) is 15.9 Å². The molecule has 0 radical (unpaired) electrons. The molecule has 0 bridgehead atoms. The van der Waals surface area contributed by atoms with Crippen LogP contribution in [0.3, 0.4) is 0 Å². The zero-order valence-electron chi connectivity index (χ0n) is 13.2. The number of alkyl halides is 1. The van der Waals surface area contributed by atoms with Crippen LogP contribution in [-0.4, -0.2) is 47.9 Å². The lowest BCUT2D eigenvalue weighted by Gasteiger charge is -2.30. The average molecular weight is 384 g/mol. The Labute approximate surface area is 145 Å². The lowest BCUT2D eigenvalue weighted by molar-refractivity contribution is -0.121. The van der Waals surface area contributed by atoms with E-state index in [-0.39, 0.29) is 29.7 Å². The Kier molecular flexibility index (Phi) is 7.05. The molecule has 0 aromatic heterocycles. The number of amides is 1. The molecule has 2 unspecified atom stereocenters. The molecule has 1 aliphatic heterocycles. The van der Waals surface area contributed by atoms with Crippen LogP contribution in [0.15, 0.2) is 30.3 Å². The molecule has 2 atom stereocenters. The van der Waals surface area contributed by atoms with Crippen molar-refractivity contribution < 1.29 is 19.1 Å². The van der Waals surface area contributed by atoms with Crippen molar-refractivity contribution in [1.29, 1.82) is 0 Å². The molecule has 6 heteroatoms. The molecule has 0 aliphatic carbocycles. The summed E-state index contributed by atoms with van der Waals surface area (Å²) in [6.07, 6.45) is 0.408. The number of hydrogen-bond acceptors (Lipinski definition) is 4. The first-order valence-corrected chi connectivity index (χ1v) is 8.93. The van der Waals surface area contributed by atoms with E-state index in [0.717, 1.165) is 12.0 Å². The van der Waals surface area contributed by atoms with Crippen LogP contribution in [0, 0.1) is 5.92 Å². The van der Waals surface area contributed by atoms with Crippen molar-refractivity contribution in [2.75, 3.05) is 25.1 Å². The average Bonchev–Trinajstić information content (AvgIpc) is 3.07. The molecular formula is C17H22BrNO4. The summed E-state index contributed by atoms with van der Waals surface area (Å²) >= 11 is 3.20. The van der Waals surface area contributed by atoms with Crippen LogP contribution in [-0.2, 0) is 20.9 Å². The number of hydrogen-bond donors (Lipinski definition) is 0. The molecule has 1 amide bonds. The summed E-state index contributed by atoms with van der Waals surface area (Å²) in [6.45, 7) is 3.51. The minimum absolute atomic E-state index is 0.0597. The van der Waals surface area contributed by atoms with E-state index >= 15 is 0 Å². The van der Waals surface area contributed by atoms with Gasteiger partial charge in [-0.25, -0.2) is 4.79 Å². The van der Waals surface area contributed by atoms with E-state index in [1.165, 1.54) is 0 Å². The maximum Gasteiger partial charge on any atom is 0.410 e. The van der Waals surface area contributed by atoms with Crippen LogP contribution in [0.1, 0.15) is 18.9 Å². The Morgan fingerprint density at radius 1 is 1.30 bits per heavy atom. The predicted molar refractivity (Wildman–Crippen MR) is 90.5 cm³/mol. The van der Waals surface area contributed by atoms with Gasteiger partial charge in [0.1, 0.15) is 6.61 Å². The van der Waals surface area contributed by atoms with Crippen LogP contribution in [0.4, 0.5) is 4.79 Å². The van der Waals surface area contributed by atoms with Gasteiger partial charge in [0.25, 0.3) is 0 Å². The van der Waals surface area contributed by atoms with Gasteiger partial charge in [-0.3, -0.25) is 4.79 Å². The number of ketones is 1.